The number of fused-ring (bicyclic) bond motifs is 6. The largest absolute Gasteiger partial charge is 0.494 e. The van der Waals surface area contributed by atoms with Crippen molar-refractivity contribution < 1.29 is 91.6 Å². The molecule has 0 radical (unpaired) electrons. The van der Waals surface area contributed by atoms with Crippen LogP contribution < -0.4 is 36.9 Å². The molecule has 6 aromatic rings. The fourth-order valence-corrected chi connectivity index (χ4v) is 16.2. The second kappa shape index (κ2) is 29.6. The van der Waals surface area contributed by atoms with Gasteiger partial charge >= 0.3 is 25.6 Å². The highest BCUT2D eigenvalue weighted by molar-refractivity contribution is 9.10. The number of amides is 3. The van der Waals surface area contributed by atoms with E-state index in [1.807, 2.05) is 45.9 Å². The fraction of sp³-hybridized carbons (Fsp3) is 0.430. The average Bonchev–Trinajstić information content (AvgIpc) is 1.66. The molecule has 0 bridgehead atoms. The molecule has 6 spiro atoms. The molecule has 34 heteroatoms. The van der Waals surface area contributed by atoms with Gasteiger partial charge in [0.25, 0.3) is 17.7 Å². The first-order chi connectivity index (χ1) is 52.6. The lowest BCUT2D eigenvalue weighted by Crippen LogP contribution is -2.55. The monoisotopic (exact) mass is 1630 g/mol. The molecule has 6 N–H and O–H groups in total. The van der Waals surface area contributed by atoms with Crippen LogP contribution in [0.25, 0.3) is 22.3 Å². The van der Waals surface area contributed by atoms with Gasteiger partial charge in [0.1, 0.15) is 34.1 Å². The van der Waals surface area contributed by atoms with E-state index in [9.17, 15) is 64.4 Å². The number of aliphatic imine (C=N–C) groups is 3. The molecule has 6 aromatic carbocycles. The van der Waals surface area contributed by atoms with Gasteiger partial charge in [-0.15, -0.1) is 0 Å². The standard InChI is InChI=1S/2C24H21F3N4O3.C16H18BrN3O3.C14H15BF3NO2.CH4/c2*1-31-20(32)23(30-21(31)29)12-22(5-2-6-33-13-22)34-19-4-3-15(10-18(19)23)16-7-14(11-28)8-17(9-16)24(25,26)27;1-20-13(21)16(19-14(20)18)8-15(5-2-6-22-9-15)23-12-4-3-10(17)7-11(12)16;1-12(2)13(3,4)21-15(20-12)11-6-9(8-19)5-10(7-11)14(16,17)18;/h2*3-4,7-10H,2,5-6,12-13H2,1H3,(H2,29,30);3-4,7H,2,5-6,8-9H2,1H3,(H2,18,19);5-7H,1-4H3;1H4/t22-,23+;22-,23-;;;/m10.../s1. The molecule has 2 unspecified atom stereocenters. The number of alkyl halides is 9. The normalized spacial score (nSPS) is 26.3. The summed E-state index contributed by atoms with van der Waals surface area (Å²) < 4.78 is 168. The maximum atomic E-state index is 13.5. The zero-order valence-corrected chi connectivity index (χ0v) is 63.2. The Morgan fingerprint density at radius 3 is 1.07 bits per heavy atom. The van der Waals surface area contributed by atoms with E-state index in [-0.39, 0.29) is 89.1 Å². The lowest BCUT2D eigenvalue weighted by molar-refractivity contribution is -0.139. The summed E-state index contributed by atoms with van der Waals surface area (Å²) >= 11 is 3.47. The first-order valence-electron chi connectivity index (χ1n) is 35.6. The van der Waals surface area contributed by atoms with Crippen LogP contribution in [0.3, 0.4) is 0 Å². The third-order valence-electron chi connectivity index (χ3n) is 22.1. The number of rotatable bonds is 3. The van der Waals surface area contributed by atoms with Crippen molar-refractivity contribution in [1.29, 1.82) is 15.8 Å². The van der Waals surface area contributed by atoms with E-state index >= 15 is 0 Å². The van der Waals surface area contributed by atoms with Crippen molar-refractivity contribution in [1.82, 2.24) is 14.7 Å². The van der Waals surface area contributed by atoms with Crippen molar-refractivity contribution >= 4 is 64.1 Å². The lowest BCUT2D eigenvalue weighted by atomic mass is 9.74. The molecule has 16 rings (SSSR count). The highest BCUT2D eigenvalue weighted by atomic mass is 79.9. The molecule has 10 aliphatic heterocycles. The molecular weight excluding hydrogens is 1550 g/mol. The number of nitriles is 3. The van der Waals surface area contributed by atoms with E-state index in [0.717, 1.165) is 78.7 Å². The smallest absolute Gasteiger partial charge is 0.484 e. The van der Waals surface area contributed by atoms with Crippen molar-refractivity contribution in [3.05, 3.63) is 164 Å². The Morgan fingerprint density at radius 1 is 0.451 bits per heavy atom. The molecule has 0 aromatic heterocycles. The number of nitrogens with zero attached hydrogens (tertiary/aromatic N) is 9. The van der Waals surface area contributed by atoms with Crippen molar-refractivity contribution in [3.63, 3.8) is 0 Å². The van der Waals surface area contributed by atoms with Gasteiger partial charge in [-0.3, -0.25) is 29.1 Å². The SMILES string of the molecule is C.CC1(C)OB(c2cc(C#N)cc(C(F)(F)F)c2)OC1(C)C.CN1C(=O)C2(CC3(CCCOC3)Oc3ccc(Br)cc32)N=C1N.CN1C(=O)[C@@]2(C[C@@]3(CCCOC3)Oc3ccc(-c4cc(C#N)cc(C(F)(F)F)c4)cc32)N=C1N.CN1C(=O)[C@@]2(C[C@]3(CCCOC3)Oc3ccc(-c4cc(C#N)cc(C(F)(F)F)c4)cc32)N=C1N. The van der Waals surface area contributed by atoms with Gasteiger partial charge in [-0.2, -0.15) is 55.3 Å². The number of carbonyl (C=O) groups is 3. The van der Waals surface area contributed by atoms with Crippen LogP contribution >= 0.6 is 15.9 Å². The van der Waals surface area contributed by atoms with E-state index in [0.29, 0.717) is 91.8 Å². The van der Waals surface area contributed by atoms with Crippen LogP contribution in [-0.2, 0) is 73.0 Å². The summed E-state index contributed by atoms with van der Waals surface area (Å²) in [7, 11) is 3.80. The van der Waals surface area contributed by atoms with Gasteiger partial charge in [-0.05, 0) is 185 Å². The van der Waals surface area contributed by atoms with Gasteiger partial charge in [0.15, 0.2) is 34.5 Å². The van der Waals surface area contributed by atoms with Crippen molar-refractivity contribution in [2.24, 2.45) is 32.2 Å². The number of benzene rings is 6. The van der Waals surface area contributed by atoms with E-state index in [1.54, 1.807) is 61.7 Å². The minimum atomic E-state index is -4.61. The minimum Gasteiger partial charge on any atom is -0.484 e. The van der Waals surface area contributed by atoms with E-state index < -0.39 is 87.0 Å². The molecule has 113 heavy (non-hydrogen) atoms. The highest BCUT2D eigenvalue weighted by Crippen LogP contribution is 2.56. The number of halogens is 10. The lowest BCUT2D eigenvalue weighted by Gasteiger charge is -2.46. The number of hydrogen-bond acceptors (Lipinski definition) is 20. The average molecular weight is 1630 g/mol. The summed E-state index contributed by atoms with van der Waals surface area (Å²) in [5, 5.41) is 27.4. The summed E-state index contributed by atoms with van der Waals surface area (Å²) in [5.41, 5.74) is 10.8. The van der Waals surface area contributed by atoms with Gasteiger partial charge < -0.3 is 54.9 Å². The number of hydrogen-bond donors (Lipinski definition) is 3. The summed E-state index contributed by atoms with van der Waals surface area (Å²) in [6.45, 7) is 10.2. The predicted molar refractivity (Wildman–Crippen MR) is 398 cm³/mol. The van der Waals surface area contributed by atoms with Gasteiger partial charge in [0.05, 0.1) is 82.6 Å². The van der Waals surface area contributed by atoms with Crippen molar-refractivity contribution in [2.45, 2.75) is 156 Å². The fourth-order valence-electron chi connectivity index (χ4n) is 15.8. The Morgan fingerprint density at radius 2 is 0.770 bits per heavy atom. The number of carbonyl (C=O) groups excluding carboxylic acids is 3. The summed E-state index contributed by atoms with van der Waals surface area (Å²) in [5.74, 6) is 1.09. The van der Waals surface area contributed by atoms with E-state index in [1.165, 1.54) is 47.0 Å². The van der Waals surface area contributed by atoms with Crippen LogP contribution in [0.2, 0.25) is 0 Å². The van der Waals surface area contributed by atoms with Crippen LogP contribution in [0.5, 0.6) is 17.2 Å². The molecule has 0 aliphatic carbocycles. The number of guanidine groups is 3. The summed E-state index contributed by atoms with van der Waals surface area (Å²) in [4.78, 5) is 57.6. The first-order valence-corrected chi connectivity index (χ1v) is 36.4. The summed E-state index contributed by atoms with van der Waals surface area (Å²) in [6, 6.07) is 30.2. The zero-order chi connectivity index (χ0) is 80.9. The second-order valence-corrected chi connectivity index (χ2v) is 31.3. The first kappa shape index (κ1) is 82.2. The topological polar surface area (TPSA) is 321 Å². The maximum Gasteiger partial charge on any atom is 0.494 e. The van der Waals surface area contributed by atoms with Crippen LogP contribution in [0, 0.1) is 34.0 Å². The number of likely N-dealkylation sites (N-methyl/N-ethyl adjacent to an activating group) is 3. The quantitative estimate of drug-likeness (QED) is 0.109. The van der Waals surface area contributed by atoms with Crippen LogP contribution in [-0.4, -0.2) is 146 Å². The Hall–Kier alpha value is -10.3. The number of nitrogens with two attached hydrogens (primary N) is 3. The maximum absolute atomic E-state index is 13.5. The third-order valence-corrected chi connectivity index (χ3v) is 22.6. The molecule has 4 saturated heterocycles. The minimum absolute atomic E-state index is 0. The Kier molecular flexibility index (Phi) is 21.5. The molecule has 10 aliphatic rings. The van der Waals surface area contributed by atoms with Gasteiger partial charge in [0.2, 0.25) is 0 Å². The van der Waals surface area contributed by atoms with Crippen LogP contribution in [0.15, 0.2) is 129 Å². The van der Waals surface area contributed by atoms with E-state index in [2.05, 4.69) is 30.9 Å². The molecule has 23 nitrogen and oxygen atoms in total. The predicted octanol–water partition coefficient (Wildman–Crippen LogP) is 12.4. The number of ether oxygens (including phenoxy) is 6. The molecule has 3 amide bonds. The highest BCUT2D eigenvalue weighted by Gasteiger charge is 2.62. The molecule has 10 heterocycles. The van der Waals surface area contributed by atoms with Gasteiger partial charge in [0, 0.05) is 81.4 Å². The molecule has 6 atom stereocenters. The Bertz CT molecular complexity index is 4850. The van der Waals surface area contributed by atoms with E-state index in [4.69, 9.17) is 60.2 Å². The van der Waals surface area contributed by atoms with Crippen molar-refractivity contribution in [3.8, 4) is 57.7 Å². The van der Waals surface area contributed by atoms with Crippen LogP contribution in [0.1, 0.15) is 143 Å². The molecular formula is C79H79BBrF9N12O11. The zero-order valence-electron chi connectivity index (χ0n) is 61.6. The third kappa shape index (κ3) is 15.2. The van der Waals surface area contributed by atoms with Crippen molar-refractivity contribution in [2.75, 3.05) is 60.8 Å². The molecule has 4 fully saturated rings. The molecule has 0 saturated carbocycles. The second-order valence-electron chi connectivity index (χ2n) is 30.4. The van der Waals surface area contributed by atoms with Crippen LogP contribution in [0.4, 0.5) is 39.5 Å². The Balaban J connectivity index is 0.000000142. The van der Waals surface area contributed by atoms with Gasteiger partial charge in [-0.1, -0.05) is 41.6 Å². The Labute approximate surface area is 653 Å². The van der Waals surface area contributed by atoms with Gasteiger partial charge in [-0.25, -0.2) is 15.0 Å². The summed E-state index contributed by atoms with van der Waals surface area (Å²) in [6.07, 6.45) is -8.29. The molecule has 594 valence electrons.